The van der Waals surface area contributed by atoms with Crippen LogP contribution in [0.1, 0.15) is 47.8 Å². The average Bonchev–Trinajstić information content (AvgIpc) is 3.31. The van der Waals surface area contributed by atoms with Gasteiger partial charge in [-0.15, -0.1) is 0 Å². The van der Waals surface area contributed by atoms with E-state index in [0.29, 0.717) is 0 Å². The van der Waals surface area contributed by atoms with Crippen LogP contribution in [0.2, 0.25) is 0 Å². The lowest BCUT2D eigenvalue weighted by molar-refractivity contribution is -0.149. The summed E-state index contributed by atoms with van der Waals surface area (Å²) in [5.74, 6) is -0.550. The number of carbonyl (C=O) groups excluding carboxylic acids is 2. The molecule has 1 unspecified atom stereocenters. The van der Waals surface area contributed by atoms with Crippen LogP contribution in [0, 0.1) is 5.41 Å². The highest BCUT2D eigenvalue weighted by Gasteiger charge is 2.36. The summed E-state index contributed by atoms with van der Waals surface area (Å²) < 4.78 is 42.4. The molecule has 0 aliphatic carbocycles. The van der Waals surface area contributed by atoms with Gasteiger partial charge in [-0.05, 0) is 39.0 Å². The van der Waals surface area contributed by atoms with Gasteiger partial charge in [0.25, 0.3) is 0 Å². The minimum atomic E-state index is -4.11. The molecule has 39 heavy (non-hydrogen) atoms. The molecule has 214 valence electrons. The summed E-state index contributed by atoms with van der Waals surface area (Å²) in [7, 11) is -4.11. The summed E-state index contributed by atoms with van der Waals surface area (Å²) in [6, 6.07) is 8.77. The fourth-order valence-electron chi connectivity index (χ4n) is 3.18. The topological polar surface area (TPSA) is 156 Å². The molecule has 1 amide bonds. The third-order valence-corrected chi connectivity index (χ3v) is 6.85. The van der Waals surface area contributed by atoms with E-state index < -0.39 is 43.4 Å². The van der Waals surface area contributed by atoms with Gasteiger partial charge in [0.05, 0.1) is 12.7 Å². The Kier molecular flexibility index (Phi) is 10.0. The van der Waals surface area contributed by atoms with Crippen LogP contribution in [0.25, 0.3) is 0 Å². The van der Waals surface area contributed by atoms with Crippen LogP contribution in [-0.4, -0.2) is 53.1 Å². The van der Waals surface area contributed by atoms with E-state index in [4.69, 9.17) is 23.3 Å². The molecule has 2 aromatic rings. The second kappa shape index (κ2) is 12.8. The van der Waals surface area contributed by atoms with Crippen molar-refractivity contribution in [2.45, 2.75) is 66.2 Å². The molecule has 13 nitrogen and oxygen atoms in total. The summed E-state index contributed by atoms with van der Waals surface area (Å²) in [6.07, 6.45) is -0.781. The molecule has 0 saturated carbocycles. The molecule has 4 atom stereocenters. The average molecular weight is 567 g/mol. The van der Waals surface area contributed by atoms with Gasteiger partial charge in [-0.25, -0.2) is 9.36 Å². The van der Waals surface area contributed by atoms with Gasteiger partial charge in [0.1, 0.15) is 24.2 Å². The number of carbonyl (C=O) groups is 2. The van der Waals surface area contributed by atoms with Crippen molar-refractivity contribution in [3.8, 4) is 5.75 Å². The SMILES string of the molecule is CC(C)OC(=O)[C@H](C)NP(=O)(OC[C@H]1OC[C@@H](n2ccc(NC(=O)C(C)(C)C)nc2=O)O1)Oc1ccccc1. The molecule has 1 saturated heterocycles. The highest BCUT2D eigenvalue weighted by molar-refractivity contribution is 7.52. The smallest absolute Gasteiger partial charge is 0.459 e. The largest absolute Gasteiger partial charge is 0.462 e. The van der Waals surface area contributed by atoms with Crippen molar-refractivity contribution in [2.75, 3.05) is 18.5 Å². The predicted molar refractivity (Wildman–Crippen MR) is 141 cm³/mol. The first kappa shape index (κ1) is 30.5. The van der Waals surface area contributed by atoms with Gasteiger partial charge in [-0.1, -0.05) is 39.0 Å². The molecule has 1 fully saturated rings. The van der Waals surface area contributed by atoms with Gasteiger partial charge < -0.3 is 24.1 Å². The van der Waals surface area contributed by atoms with Crippen molar-refractivity contribution < 1.29 is 37.4 Å². The van der Waals surface area contributed by atoms with Crippen molar-refractivity contribution in [1.82, 2.24) is 14.6 Å². The van der Waals surface area contributed by atoms with Crippen molar-refractivity contribution in [1.29, 1.82) is 0 Å². The van der Waals surface area contributed by atoms with E-state index in [1.54, 1.807) is 65.0 Å². The van der Waals surface area contributed by atoms with E-state index in [-0.39, 0.29) is 36.8 Å². The van der Waals surface area contributed by atoms with E-state index in [0.717, 1.165) is 0 Å². The quantitative estimate of drug-likeness (QED) is 0.304. The number of aromatic nitrogens is 2. The maximum atomic E-state index is 13.6. The molecular weight excluding hydrogens is 531 g/mol. The maximum Gasteiger partial charge on any atom is 0.459 e. The number of rotatable bonds is 11. The number of nitrogens with zero attached hydrogens (tertiary/aromatic N) is 2. The van der Waals surface area contributed by atoms with Gasteiger partial charge in [0, 0.05) is 11.6 Å². The second-order valence-corrected chi connectivity index (χ2v) is 11.8. The molecule has 0 bridgehead atoms. The monoisotopic (exact) mass is 566 g/mol. The summed E-state index contributed by atoms with van der Waals surface area (Å²) in [4.78, 5) is 40.9. The lowest BCUT2D eigenvalue weighted by Crippen LogP contribution is -2.36. The number of para-hydroxylation sites is 1. The Bertz CT molecular complexity index is 1250. The predicted octanol–water partition coefficient (Wildman–Crippen LogP) is 3.23. The molecule has 0 radical (unpaired) electrons. The zero-order chi connectivity index (χ0) is 28.8. The van der Waals surface area contributed by atoms with Crippen LogP contribution in [0.4, 0.5) is 5.82 Å². The number of anilines is 1. The zero-order valence-electron chi connectivity index (χ0n) is 22.8. The maximum absolute atomic E-state index is 13.6. The summed E-state index contributed by atoms with van der Waals surface area (Å²) in [5, 5.41) is 5.18. The van der Waals surface area contributed by atoms with Crippen LogP contribution in [0.3, 0.4) is 0 Å². The van der Waals surface area contributed by atoms with Crippen LogP contribution in [0.15, 0.2) is 47.4 Å². The first-order valence-electron chi connectivity index (χ1n) is 12.4. The first-order chi connectivity index (χ1) is 18.3. The van der Waals surface area contributed by atoms with Crippen LogP contribution >= 0.6 is 7.75 Å². The minimum Gasteiger partial charge on any atom is -0.462 e. The van der Waals surface area contributed by atoms with Gasteiger partial charge in [0.2, 0.25) is 5.91 Å². The third-order valence-electron chi connectivity index (χ3n) is 5.20. The van der Waals surface area contributed by atoms with Crippen molar-refractivity contribution in [2.24, 2.45) is 5.41 Å². The molecule has 0 spiro atoms. The fraction of sp³-hybridized carbons (Fsp3) is 0.520. The molecule has 1 aromatic heterocycles. The lowest BCUT2D eigenvalue weighted by atomic mass is 9.96. The molecule has 2 N–H and O–H groups in total. The summed E-state index contributed by atoms with van der Waals surface area (Å²) in [6.45, 7) is 9.73. The normalized spacial score (nSPS) is 19.8. The van der Waals surface area contributed by atoms with Crippen molar-refractivity contribution in [3.05, 3.63) is 53.1 Å². The van der Waals surface area contributed by atoms with E-state index in [2.05, 4.69) is 15.4 Å². The number of ether oxygens (including phenoxy) is 3. The third kappa shape index (κ3) is 8.97. The number of hydrogen-bond donors (Lipinski definition) is 2. The minimum absolute atomic E-state index is 0.0162. The van der Waals surface area contributed by atoms with Gasteiger partial charge in [-0.3, -0.25) is 18.7 Å². The Labute approximate surface area is 226 Å². The van der Waals surface area contributed by atoms with E-state index in [1.807, 2.05) is 0 Å². The molecular formula is C25H35N4O9P. The van der Waals surface area contributed by atoms with Crippen LogP contribution in [0.5, 0.6) is 5.75 Å². The molecule has 1 aliphatic heterocycles. The standard InChI is InChI=1S/C25H35N4O9P/c1-16(2)36-22(30)17(3)28-39(33,38-18-10-8-7-9-11-18)35-15-21-34-14-20(37-21)29-13-12-19(27-24(29)32)26-23(31)25(4,5)6/h7-13,16-17,20-21H,14-15H2,1-6H3,(H,28,33)(H,26,27,31,32)/t17-,20-,21-,39?/m0/s1. The Morgan fingerprint density at radius 3 is 2.49 bits per heavy atom. The molecule has 3 rings (SSSR count). The Hall–Kier alpha value is -3.09. The van der Waals surface area contributed by atoms with Gasteiger partial charge >= 0.3 is 19.4 Å². The van der Waals surface area contributed by atoms with Crippen LogP contribution < -0.4 is 20.6 Å². The lowest BCUT2D eigenvalue weighted by Gasteiger charge is -2.24. The second-order valence-electron chi connectivity index (χ2n) is 10.1. The molecule has 1 aromatic carbocycles. The molecule has 14 heteroatoms. The van der Waals surface area contributed by atoms with Crippen LogP contribution in [-0.2, 0) is 32.9 Å². The zero-order valence-corrected chi connectivity index (χ0v) is 23.7. The van der Waals surface area contributed by atoms with Crippen molar-refractivity contribution in [3.63, 3.8) is 0 Å². The number of hydrogen-bond acceptors (Lipinski definition) is 10. The Balaban J connectivity index is 1.65. The number of amides is 1. The summed E-state index contributed by atoms with van der Waals surface area (Å²) >= 11 is 0. The Morgan fingerprint density at radius 1 is 1.18 bits per heavy atom. The van der Waals surface area contributed by atoms with E-state index >= 15 is 0 Å². The molecule has 2 heterocycles. The van der Waals surface area contributed by atoms with E-state index in [1.165, 1.54) is 23.8 Å². The number of nitrogens with one attached hydrogen (secondary N) is 2. The van der Waals surface area contributed by atoms with Gasteiger partial charge in [0.15, 0.2) is 12.5 Å². The Morgan fingerprint density at radius 2 is 1.87 bits per heavy atom. The number of esters is 1. The highest BCUT2D eigenvalue weighted by Crippen LogP contribution is 2.45. The van der Waals surface area contributed by atoms with Gasteiger partial charge in [-0.2, -0.15) is 10.1 Å². The van der Waals surface area contributed by atoms with E-state index in [9.17, 15) is 18.9 Å². The number of benzene rings is 1. The summed E-state index contributed by atoms with van der Waals surface area (Å²) in [5.41, 5.74) is -1.31. The van der Waals surface area contributed by atoms with Crippen molar-refractivity contribution >= 4 is 25.4 Å². The molecule has 1 aliphatic rings. The highest BCUT2D eigenvalue weighted by atomic mass is 31.2. The fourth-order valence-corrected chi connectivity index (χ4v) is 4.65. The first-order valence-corrected chi connectivity index (χ1v) is 14.0.